The molecule has 0 amide bonds. The average Bonchev–Trinajstić information content (AvgIpc) is 2.34. The van der Waals surface area contributed by atoms with Crippen LogP contribution in [0.1, 0.15) is 12.8 Å². The molecule has 3 fully saturated rings. The zero-order chi connectivity index (χ0) is 11.0. The molecule has 2 atom stereocenters. The Labute approximate surface area is 104 Å². The third-order valence-electron chi connectivity index (χ3n) is 3.76. The maximum atomic E-state index is 2.75. The highest BCUT2D eigenvalue weighted by molar-refractivity contribution is 8.00. The lowest BCUT2D eigenvalue weighted by molar-refractivity contribution is 0.118. The van der Waals surface area contributed by atoms with E-state index in [2.05, 4.69) is 50.2 Å². The number of hydrogen-bond donors (Lipinski definition) is 0. The van der Waals surface area contributed by atoms with Crippen LogP contribution in [0.4, 0.5) is 0 Å². The van der Waals surface area contributed by atoms with Crippen molar-refractivity contribution in [1.29, 1.82) is 0 Å². The lowest BCUT2D eigenvalue weighted by atomic mass is 9.88. The highest BCUT2D eigenvalue weighted by atomic mass is 32.2. The Hall–Kier alpha value is -0.0400. The summed E-state index contributed by atoms with van der Waals surface area (Å²) in [5.74, 6) is 0.964. The first kappa shape index (κ1) is 11.1. The van der Waals surface area contributed by atoms with E-state index in [0.717, 1.165) is 11.2 Å². The van der Waals surface area contributed by atoms with E-state index in [1.807, 2.05) is 0 Å². The maximum Gasteiger partial charge on any atom is 0.0251 e. The number of thioether (sulfide) groups is 1. The van der Waals surface area contributed by atoms with Gasteiger partial charge in [0, 0.05) is 16.7 Å². The van der Waals surface area contributed by atoms with E-state index in [0.29, 0.717) is 0 Å². The highest BCUT2D eigenvalue weighted by Crippen LogP contribution is 2.38. The highest BCUT2D eigenvalue weighted by Gasteiger charge is 2.34. The number of fused-ring (bicyclic) bond motifs is 3. The monoisotopic (exact) mass is 251 g/mol. The van der Waals surface area contributed by atoms with Crippen LogP contribution in [0.3, 0.4) is 0 Å². The Morgan fingerprint density at radius 1 is 1.12 bits per heavy atom. The molecule has 0 saturated carbocycles. The molecular weight excluding hydrogens is 233 g/mol. The van der Waals surface area contributed by atoms with E-state index in [-0.39, 0.29) is 0 Å². The predicted molar refractivity (Wildman–Crippen MR) is 74.6 cm³/mol. The van der Waals surface area contributed by atoms with Crippen LogP contribution >= 0.6 is 21.0 Å². The second-order valence-electron chi connectivity index (χ2n) is 4.86. The standard InChI is InChI=1S/C13H18NPS/c15-11-1-3-12(4-2-11)16-13-9-14-7-5-10(13)6-8-14/h1-4,10,13H,5-9,15H2/t13-/m0/s1. The molecule has 86 valence electrons. The Kier molecular flexibility index (Phi) is 3.24. The van der Waals surface area contributed by atoms with E-state index >= 15 is 0 Å². The largest absolute Gasteiger partial charge is 0.302 e. The van der Waals surface area contributed by atoms with Crippen molar-refractivity contribution in [3.05, 3.63) is 24.3 Å². The molecule has 1 aromatic carbocycles. The zero-order valence-corrected chi connectivity index (χ0v) is 11.4. The second kappa shape index (κ2) is 4.68. The van der Waals surface area contributed by atoms with Gasteiger partial charge in [-0.2, -0.15) is 0 Å². The minimum absolute atomic E-state index is 0.831. The molecule has 1 aromatic rings. The van der Waals surface area contributed by atoms with Crippen molar-refractivity contribution in [2.24, 2.45) is 5.92 Å². The summed E-state index contributed by atoms with van der Waals surface area (Å²) in [7, 11) is 2.75. The number of rotatable bonds is 2. The summed E-state index contributed by atoms with van der Waals surface area (Å²) in [6.07, 6.45) is 2.83. The second-order valence-corrected chi connectivity index (χ2v) is 6.84. The van der Waals surface area contributed by atoms with Gasteiger partial charge in [0.05, 0.1) is 0 Å². The fraction of sp³-hybridized carbons (Fsp3) is 0.538. The van der Waals surface area contributed by atoms with Crippen LogP contribution in [0.2, 0.25) is 0 Å². The molecule has 3 aliphatic rings. The van der Waals surface area contributed by atoms with Crippen molar-refractivity contribution in [2.45, 2.75) is 23.0 Å². The van der Waals surface area contributed by atoms with Gasteiger partial charge in [-0.3, -0.25) is 0 Å². The van der Waals surface area contributed by atoms with Gasteiger partial charge in [0.1, 0.15) is 0 Å². The van der Waals surface area contributed by atoms with Crippen LogP contribution in [0.5, 0.6) is 0 Å². The summed E-state index contributed by atoms with van der Waals surface area (Å²) >= 11 is 2.09. The van der Waals surface area contributed by atoms with Crippen molar-refractivity contribution in [2.75, 3.05) is 19.6 Å². The van der Waals surface area contributed by atoms with Crippen LogP contribution in [0.25, 0.3) is 0 Å². The first-order valence-electron chi connectivity index (χ1n) is 6.06. The molecule has 2 bridgehead atoms. The van der Waals surface area contributed by atoms with Gasteiger partial charge in [-0.25, -0.2) is 0 Å². The van der Waals surface area contributed by atoms with Crippen LogP contribution < -0.4 is 5.30 Å². The molecule has 16 heavy (non-hydrogen) atoms. The Morgan fingerprint density at radius 2 is 1.81 bits per heavy atom. The molecule has 3 heteroatoms. The third kappa shape index (κ3) is 2.30. The van der Waals surface area contributed by atoms with Crippen molar-refractivity contribution >= 4 is 26.3 Å². The summed E-state index contributed by atoms with van der Waals surface area (Å²) in [5, 5.41) is 2.11. The topological polar surface area (TPSA) is 3.24 Å². The minimum atomic E-state index is 0.831. The molecule has 0 radical (unpaired) electrons. The van der Waals surface area contributed by atoms with Crippen LogP contribution in [0.15, 0.2) is 29.2 Å². The summed E-state index contributed by atoms with van der Waals surface area (Å²) in [4.78, 5) is 4.06. The molecule has 0 aromatic heterocycles. The van der Waals surface area contributed by atoms with Gasteiger partial charge in [0.25, 0.3) is 0 Å². The number of benzene rings is 1. The van der Waals surface area contributed by atoms with E-state index in [9.17, 15) is 0 Å². The molecular formula is C13H18NPS. The van der Waals surface area contributed by atoms with E-state index < -0.39 is 0 Å². The van der Waals surface area contributed by atoms with Crippen molar-refractivity contribution in [3.63, 3.8) is 0 Å². The Bertz CT molecular complexity index is 357. The molecule has 0 spiro atoms. The number of hydrogen-bond acceptors (Lipinski definition) is 2. The fourth-order valence-corrected chi connectivity index (χ4v) is 4.35. The molecule has 0 aliphatic carbocycles. The van der Waals surface area contributed by atoms with Gasteiger partial charge in [-0.05, 0) is 49.3 Å². The van der Waals surface area contributed by atoms with Gasteiger partial charge in [-0.1, -0.05) is 12.1 Å². The van der Waals surface area contributed by atoms with Gasteiger partial charge in [0.2, 0.25) is 0 Å². The van der Waals surface area contributed by atoms with Gasteiger partial charge in [0.15, 0.2) is 0 Å². The predicted octanol–water partition coefficient (Wildman–Crippen LogP) is 2.37. The van der Waals surface area contributed by atoms with Crippen molar-refractivity contribution in [1.82, 2.24) is 4.90 Å². The molecule has 3 saturated heterocycles. The van der Waals surface area contributed by atoms with Crippen molar-refractivity contribution < 1.29 is 0 Å². The van der Waals surface area contributed by atoms with Crippen LogP contribution in [-0.4, -0.2) is 29.8 Å². The molecule has 1 unspecified atom stereocenters. The Morgan fingerprint density at radius 3 is 2.38 bits per heavy atom. The molecule has 4 rings (SSSR count). The molecule has 3 aliphatic heterocycles. The van der Waals surface area contributed by atoms with Gasteiger partial charge in [-0.15, -0.1) is 21.0 Å². The normalized spacial score (nSPS) is 32.9. The van der Waals surface area contributed by atoms with Crippen LogP contribution in [-0.2, 0) is 0 Å². The number of nitrogens with zero attached hydrogens (tertiary/aromatic N) is 1. The van der Waals surface area contributed by atoms with E-state index in [4.69, 9.17) is 0 Å². The zero-order valence-electron chi connectivity index (χ0n) is 9.43. The lowest BCUT2D eigenvalue weighted by Gasteiger charge is -2.44. The smallest absolute Gasteiger partial charge is 0.0251 e. The minimum Gasteiger partial charge on any atom is -0.302 e. The van der Waals surface area contributed by atoms with E-state index in [1.54, 1.807) is 0 Å². The fourth-order valence-electron chi connectivity index (χ4n) is 2.77. The lowest BCUT2D eigenvalue weighted by Crippen LogP contribution is -2.48. The number of piperidine rings is 3. The van der Waals surface area contributed by atoms with Gasteiger partial charge < -0.3 is 4.90 Å². The Balaban J connectivity index is 1.68. The third-order valence-corrected chi connectivity index (χ3v) is 5.53. The maximum absolute atomic E-state index is 2.75. The first-order valence-corrected chi connectivity index (χ1v) is 7.51. The molecule has 0 N–H and O–H groups in total. The van der Waals surface area contributed by atoms with Crippen LogP contribution in [0, 0.1) is 5.92 Å². The van der Waals surface area contributed by atoms with Gasteiger partial charge >= 0.3 is 0 Å². The SMILES string of the molecule is Pc1ccc(S[C@H]2CN3CCC2CC3)cc1. The molecule has 1 nitrogen and oxygen atoms in total. The van der Waals surface area contributed by atoms with E-state index in [1.165, 1.54) is 42.7 Å². The summed E-state index contributed by atoms with van der Waals surface area (Å²) < 4.78 is 0. The first-order chi connectivity index (χ1) is 7.81. The average molecular weight is 251 g/mol. The van der Waals surface area contributed by atoms with Crippen molar-refractivity contribution in [3.8, 4) is 0 Å². The quantitative estimate of drug-likeness (QED) is 0.742. The molecule has 3 heterocycles. The summed E-state index contributed by atoms with van der Waals surface area (Å²) in [6.45, 7) is 3.98. The summed E-state index contributed by atoms with van der Waals surface area (Å²) in [5.41, 5.74) is 0. The summed E-state index contributed by atoms with van der Waals surface area (Å²) in [6, 6.07) is 8.89.